The number of carboxylic acid groups (broad SMARTS) is 1. The Balaban J connectivity index is 2.86. The van der Waals surface area contributed by atoms with Gasteiger partial charge in [0.15, 0.2) is 6.04 Å². The van der Waals surface area contributed by atoms with Crippen LogP contribution >= 0.6 is 0 Å². The molecule has 2 N–H and O–H groups in total. The molecule has 0 radical (unpaired) electrons. The first kappa shape index (κ1) is 16.8. The van der Waals surface area contributed by atoms with Crippen molar-refractivity contribution in [1.29, 1.82) is 0 Å². The van der Waals surface area contributed by atoms with E-state index in [4.69, 9.17) is 14.6 Å². The van der Waals surface area contributed by atoms with Crippen LogP contribution in [0.5, 0.6) is 0 Å². The number of aliphatic carboxylic acids is 1. The van der Waals surface area contributed by atoms with Gasteiger partial charge in [-0.1, -0.05) is 0 Å². The molecule has 21 heavy (non-hydrogen) atoms. The maximum absolute atomic E-state index is 11.9. The first-order chi connectivity index (χ1) is 9.99. The maximum Gasteiger partial charge on any atom is 0.328 e. The summed E-state index contributed by atoms with van der Waals surface area (Å²) in [5, 5.41) is 15.1. The van der Waals surface area contributed by atoms with E-state index in [1.807, 2.05) is 0 Å². The van der Waals surface area contributed by atoms with Crippen LogP contribution in [0.3, 0.4) is 0 Å². The van der Waals surface area contributed by atoms with Crippen LogP contribution < -0.4 is 10.9 Å². The van der Waals surface area contributed by atoms with Gasteiger partial charge in [0.05, 0.1) is 19.8 Å². The lowest BCUT2D eigenvalue weighted by Gasteiger charge is -2.13. The summed E-state index contributed by atoms with van der Waals surface area (Å²) in [6, 6.07) is 1.22. The summed E-state index contributed by atoms with van der Waals surface area (Å²) in [5.41, 5.74) is -0.441. The number of carboxylic acids is 1. The van der Waals surface area contributed by atoms with E-state index in [2.05, 4.69) is 10.4 Å². The largest absolute Gasteiger partial charge is 0.480 e. The van der Waals surface area contributed by atoms with Crippen molar-refractivity contribution in [3.8, 4) is 0 Å². The highest BCUT2D eigenvalue weighted by atomic mass is 16.5. The van der Waals surface area contributed by atoms with Crippen LogP contribution in [-0.2, 0) is 20.8 Å². The number of aromatic nitrogens is 2. The van der Waals surface area contributed by atoms with Gasteiger partial charge in [0.1, 0.15) is 5.69 Å². The minimum absolute atomic E-state index is 0.0620. The molecule has 0 aliphatic carbocycles. The molecule has 1 heterocycles. The quantitative estimate of drug-likeness (QED) is 0.613. The highest BCUT2D eigenvalue weighted by molar-refractivity contribution is 5.94. The molecule has 0 saturated heterocycles. The number of nitrogens with zero attached hydrogens (tertiary/aromatic N) is 2. The Bertz CT molecular complexity index is 556. The van der Waals surface area contributed by atoms with Gasteiger partial charge >= 0.3 is 5.97 Å². The molecular weight excluding hydrogens is 282 g/mol. The Morgan fingerprint density at radius 2 is 2.10 bits per heavy atom. The van der Waals surface area contributed by atoms with Crippen LogP contribution in [0.2, 0.25) is 0 Å². The van der Waals surface area contributed by atoms with E-state index >= 15 is 0 Å². The molecule has 116 valence electrons. The van der Waals surface area contributed by atoms with Gasteiger partial charge in [0, 0.05) is 20.3 Å². The topological polar surface area (TPSA) is 120 Å². The molecule has 0 aliphatic rings. The van der Waals surface area contributed by atoms with Crippen molar-refractivity contribution in [2.75, 3.05) is 27.4 Å². The molecule has 1 amide bonds. The number of hydrogen-bond acceptors (Lipinski definition) is 6. The maximum atomic E-state index is 11.9. The fourth-order valence-electron chi connectivity index (χ4n) is 1.48. The number of amides is 1. The lowest BCUT2D eigenvalue weighted by molar-refractivity contribution is -0.140. The van der Waals surface area contributed by atoms with Crippen molar-refractivity contribution >= 4 is 11.9 Å². The van der Waals surface area contributed by atoms with Crippen LogP contribution in [0.15, 0.2) is 16.9 Å². The summed E-state index contributed by atoms with van der Waals surface area (Å²) in [4.78, 5) is 34.4. The molecule has 0 spiro atoms. The third-order valence-electron chi connectivity index (χ3n) is 2.54. The molecule has 0 aromatic carbocycles. The molecule has 1 atom stereocenters. The average molecular weight is 299 g/mol. The lowest BCUT2D eigenvalue weighted by atomic mass is 10.3. The second kappa shape index (κ2) is 8.12. The van der Waals surface area contributed by atoms with E-state index in [0.717, 1.165) is 4.68 Å². The van der Waals surface area contributed by atoms with E-state index in [9.17, 15) is 14.4 Å². The summed E-state index contributed by atoms with van der Waals surface area (Å²) >= 11 is 0. The van der Waals surface area contributed by atoms with Gasteiger partial charge in [0.2, 0.25) is 0 Å². The van der Waals surface area contributed by atoms with Gasteiger partial charge in [-0.05, 0) is 6.07 Å². The predicted octanol–water partition coefficient (Wildman–Crippen LogP) is -1.28. The number of carbonyl (C=O) groups is 2. The third kappa shape index (κ3) is 4.97. The number of methoxy groups -OCH3 is 2. The van der Waals surface area contributed by atoms with E-state index in [1.165, 1.54) is 26.4 Å². The molecule has 9 heteroatoms. The lowest BCUT2D eigenvalue weighted by Crippen LogP contribution is -2.44. The SMILES string of the molecule is COCCn1nc(C(=O)NC(COC)C(=O)O)ccc1=O. The van der Waals surface area contributed by atoms with Crippen LogP contribution in [0.25, 0.3) is 0 Å². The number of carbonyl (C=O) groups excluding carboxylic acids is 1. The number of hydrogen-bond donors (Lipinski definition) is 2. The first-order valence-electron chi connectivity index (χ1n) is 6.09. The normalized spacial score (nSPS) is 11.9. The molecule has 0 fully saturated rings. The minimum atomic E-state index is -1.22. The fraction of sp³-hybridized carbons (Fsp3) is 0.500. The zero-order chi connectivity index (χ0) is 15.8. The van der Waals surface area contributed by atoms with Crippen LogP contribution in [0.4, 0.5) is 0 Å². The minimum Gasteiger partial charge on any atom is -0.480 e. The summed E-state index contributed by atoms with van der Waals surface area (Å²) in [5.74, 6) is -1.93. The zero-order valence-electron chi connectivity index (χ0n) is 11.7. The summed E-state index contributed by atoms with van der Waals surface area (Å²) < 4.78 is 10.6. The van der Waals surface area contributed by atoms with Crippen molar-refractivity contribution < 1.29 is 24.2 Å². The summed E-state index contributed by atoms with van der Waals surface area (Å²) in [6.45, 7) is 0.278. The van der Waals surface area contributed by atoms with E-state index in [-0.39, 0.29) is 31.0 Å². The molecule has 1 aromatic heterocycles. The first-order valence-corrected chi connectivity index (χ1v) is 6.09. The second-order valence-electron chi connectivity index (χ2n) is 4.09. The zero-order valence-corrected chi connectivity index (χ0v) is 11.7. The molecule has 1 unspecified atom stereocenters. The van der Waals surface area contributed by atoms with Crippen LogP contribution in [-0.4, -0.2) is 60.2 Å². The van der Waals surface area contributed by atoms with Crippen molar-refractivity contribution in [2.45, 2.75) is 12.6 Å². The molecular formula is C12H17N3O6. The average Bonchev–Trinajstić information content (AvgIpc) is 2.45. The van der Waals surface area contributed by atoms with Gasteiger partial charge in [-0.25, -0.2) is 9.48 Å². The summed E-state index contributed by atoms with van der Waals surface area (Å²) in [7, 11) is 2.80. The molecule has 1 aromatic rings. The second-order valence-corrected chi connectivity index (χ2v) is 4.09. The Morgan fingerprint density at radius 1 is 1.38 bits per heavy atom. The highest BCUT2D eigenvalue weighted by Gasteiger charge is 2.21. The van der Waals surface area contributed by atoms with Crippen molar-refractivity contribution in [2.24, 2.45) is 0 Å². The van der Waals surface area contributed by atoms with Crippen LogP contribution in [0, 0.1) is 0 Å². The predicted molar refractivity (Wildman–Crippen MR) is 71.1 cm³/mol. The van der Waals surface area contributed by atoms with Crippen LogP contribution in [0.1, 0.15) is 10.5 Å². The smallest absolute Gasteiger partial charge is 0.328 e. The summed E-state index contributed by atoms with van der Waals surface area (Å²) in [6.07, 6.45) is 0. The van der Waals surface area contributed by atoms with Crippen molar-refractivity contribution in [3.63, 3.8) is 0 Å². The van der Waals surface area contributed by atoms with E-state index < -0.39 is 17.9 Å². The van der Waals surface area contributed by atoms with E-state index in [0.29, 0.717) is 0 Å². The fourth-order valence-corrected chi connectivity index (χ4v) is 1.48. The Morgan fingerprint density at radius 3 is 2.67 bits per heavy atom. The molecule has 0 aliphatic heterocycles. The van der Waals surface area contributed by atoms with Gasteiger partial charge < -0.3 is 19.9 Å². The van der Waals surface area contributed by atoms with Crippen molar-refractivity contribution in [3.05, 3.63) is 28.2 Å². The molecule has 0 saturated carbocycles. The highest BCUT2D eigenvalue weighted by Crippen LogP contribution is 1.94. The number of ether oxygens (including phenoxy) is 2. The van der Waals surface area contributed by atoms with Crippen molar-refractivity contribution in [1.82, 2.24) is 15.1 Å². The molecule has 0 bridgehead atoms. The molecule has 9 nitrogen and oxygen atoms in total. The Labute approximate surface area is 120 Å². The monoisotopic (exact) mass is 299 g/mol. The third-order valence-corrected chi connectivity index (χ3v) is 2.54. The van der Waals surface area contributed by atoms with E-state index in [1.54, 1.807) is 0 Å². The van der Waals surface area contributed by atoms with Gasteiger partial charge in [-0.15, -0.1) is 0 Å². The Hall–Kier alpha value is -2.26. The number of rotatable bonds is 8. The van der Waals surface area contributed by atoms with Gasteiger partial charge in [-0.3, -0.25) is 9.59 Å². The van der Waals surface area contributed by atoms with Gasteiger partial charge in [-0.2, -0.15) is 5.10 Å². The Kier molecular flexibility index (Phi) is 6.50. The molecule has 1 rings (SSSR count). The standard InChI is InChI=1S/C12H17N3O6/c1-20-6-5-15-10(16)4-3-8(14-15)11(17)13-9(7-21-2)12(18)19/h3-4,9H,5-7H2,1-2H3,(H,13,17)(H,18,19). The van der Waals surface area contributed by atoms with Gasteiger partial charge in [0.25, 0.3) is 11.5 Å². The number of nitrogens with one attached hydrogen (secondary N) is 1.